The van der Waals surface area contributed by atoms with E-state index in [-0.39, 0.29) is 0 Å². The number of fused-ring (bicyclic) bond motifs is 2. The average molecular weight is 192 g/mol. The van der Waals surface area contributed by atoms with Crippen molar-refractivity contribution < 1.29 is 0 Å². The van der Waals surface area contributed by atoms with Crippen LogP contribution >= 0.6 is 0 Å². The maximum atomic E-state index is 2.35. The van der Waals surface area contributed by atoms with Gasteiger partial charge in [-0.05, 0) is 23.6 Å². The summed E-state index contributed by atoms with van der Waals surface area (Å²) in [6.07, 6.45) is 10.2. The summed E-state index contributed by atoms with van der Waals surface area (Å²) in [7, 11) is 0. The molecular formula is C14H13B. The van der Waals surface area contributed by atoms with Gasteiger partial charge in [0, 0.05) is 0 Å². The van der Waals surface area contributed by atoms with Crippen molar-refractivity contribution in [2.75, 3.05) is 0 Å². The first kappa shape index (κ1) is 8.78. The highest BCUT2D eigenvalue weighted by molar-refractivity contribution is 6.81. The van der Waals surface area contributed by atoms with Gasteiger partial charge in [-0.2, -0.15) is 0 Å². The molecule has 1 aromatic carbocycles. The van der Waals surface area contributed by atoms with Crippen molar-refractivity contribution in [3.63, 3.8) is 0 Å². The molecule has 1 heteroatoms. The number of hydrogen-bond donors (Lipinski definition) is 0. The van der Waals surface area contributed by atoms with Crippen LogP contribution in [0.2, 0.25) is 6.82 Å². The summed E-state index contributed by atoms with van der Waals surface area (Å²) in [5, 5.41) is 0. The van der Waals surface area contributed by atoms with E-state index in [0.717, 1.165) is 6.42 Å². The monoisotopic (exact) mass is 192 g/mol. The molecule has 0 saturated carbocycles. The second kappa shape index (κ2) is 3.27. The van der Waals surface area contributed by atoms with E-state index >= 15 is 0 Å². The van der Waals surface area contributed by atoms with Gasteiger partial charge in [-0.15, -0.1) is 0 Å². The lowest BCUT2D eigenvalue weighted by Gasteiger charge is -2.24. The Morgan fingerprint density at radius 1 is 1.20 bits per heavy atom. The second-order valence-electron chi connectivity index (χ2n) is 4.25. The number of rotatable bonds is 0. The van der Waals surface area contributed by atoms with Crippen molar-refractivity contribution in [1.29, 1.82) is 0 Å². The molecule has 0 aromatic heterocycles. The van der Waals surface area contributed by atoms with Crippen molar-refractivity contribution in [2.45, 2.75) is 13.2 Å². The molecule has 0 atom stereocenters. The third-order valence-electron chi connectivity index (χ3n) is 3.34. The van der Waals surface area contributed by atoms with Gasteiger partial charge in [0.15, 0.2) is 0 Å². The Morgan fingerprint density at radius 2 is 2.07 bits per heavy atom. The predicted octanol–water partition coefficient (Wildman–Crippen LogP) is 2.84. The van der Waals surface area contributed by atoms with E-state index in [2.05, 4.69) is 55.4 Å². The van der Waals surface area contributed by atoms with Gasteiger partial charge in [-0.3, -0.25) is 0 Å². The zero-order valence-electron chi connectivity index (χ0n) is 8.90. The fourth-order valence-corrected chi connectivity index (χ4v) is 2.53. The average Bonchev–Trinajstić information content (AvgIpc) is 2.30. The summed E-state index contributed by atoms with van der Waals surface area (Å²) in [6.45, 7) is 2.85. The first-order valence-electron chi connectivity index (χ1n) is 5.54. The van der Waals surface area contributed by atoms with Crippen LogP contribution in [0.3, 0.4) is 0 Å². The molecule has 2 aliphatic rings. The molecule has 15 heavy (non-hydrogen) atoms. The van der Waals surface area contributed by atoms with Gasteiger partial charge in [0.2, 0.25) is 6.71 Å². The van der Waals surface area contributed by atoms with Gasteiger partial charge in [-0.1, -0.05) is 60.3 Å². The van der Waals surface area contributed by atoms with E-state index in [0.29, 0.717) is 6.71 Å². The van der Waals surface area contributed by atoms with Crippen molar-refractivity contribution in [3.8, 4) is 0 Å². The van der Waals surface area contributed by atoms with Crippen LogP contribution in [0.5, 0.6) is 0 Å². The molecule has 1 aromatic rings. The van der Waals surface area contributed by atoms with Crippen LogP contribution in [0.4, 0.5) is 0 Å². The van der Waals surface area contributed by atoms with E-state index < -0.39 is 0 Å². The van der Waals surface area contributed by atoms with Gasteiger partial charge < -0.3 is 0 Å². The maximum Gasteiger partial charge on any atom is 0.207 e. The Hall–Kier alpha value is -1.50. The van der Waals surface area contributed by atoms with Crippen LogP contribution < -0.4 is 5.46 Å². The van der Waals surface area contributed by atoms with Crippen LogP contribution in [-0.2, 0) is 0 Å². The fourth-order valence-electron chi connectivity index (χ4n) is 2.53. The molecule has 1 aliphatic carbocycles. The third kappa shape index (κ3) is 1.31. The zero-order valence-corrected chi connectivity index (χ0v) is 8.90. The molecule has 0 amide bonds. The second-order valence-corrected chi connectivity index (χ2v) is 4.25. The Morgan fingerprint density at radius 3 is 3.00 bits per heavy atom. The van der Waals surface area contributed by atoms with E-state index in [4.69, 9.17) is 0 Å². The first-order chi connectivity index (χ1) is 7.36. The normalized spacial score (nSPS) is 17.8. The fraction of sp³-hybridized carbons (Fsp3) is 0.143. The topological polar surface area (TPSA) is 0 Å². The molecule has 0 fully saturated rings. The summed E-state index contributed by atoms with van der Waals surface area (Å²) in [5.41, 5.74) is 5.73. The minimum atomic E-state index is 0.547. The lowest BCUT2D eigenvalue weighted by Crippen LogP contribution is -2.35. The molecule has 0 spiro atoms. The number of allylic oxidation sites excluding steroid dienone is 5. The molecule has 72 valence electrons. The molecule has 0 nitrogen and oxygen atoms in total. The largest absolute Gasteiger partial charge is 0.207 e. The summed E-state index contributed by atoms with van der Waals surface area (Å²) < 4.78 is 0. The van der Waals surface area contributed by atoms with Gasteiger partial charge in [-0.25, -0.2) is 0 Å². The molecule has 0 radical (unpaired) electrons. The van der Waals surface area contributed by atoms with Crippen LogP contribution in [0.1, 0.15) is 12.0 Å². The van der Waals surface area contributed by atoms with E-state index in [1.165, 1.54) is 22.1 Å². The molecule has 0 N–H and O–H groups in total. The zero-order chi connectivity index (χ0) is 10.3. The van der Waals surface area contributed by atoms with E-state index in [1.54, 1.807) is 0 Å². The van der Waals surface area contributed by atoms with Gasteiger partial charge >= 0.3 is 0 Å². The van der Waals surface area contributed by atoms with Crippen LogP contribution in [0, 0.1) is 0 Å². The maximum absolute atomic E-state index is 2.35. The third-order valence-corrected chi connectivity index (χ3v) is 3.34. The Bertz CT molecular complexity index is 492. The molecule has 0 unspecified atom stereocenters. The van der Waals surface area contributed by atoms with Crippen LogP contribution in [0.25, 0.3) is 6.08 Å². The van der Waals surface area contributed by atoms with Crippen molar-refractivity contribution in [2.24, 2.45) is 0 Å². The molecule has 3 rings (SSSR count). The van der Waals surface area contributed by atoms with E-state index in [9.17, 15) is 0 Å². The number of hydrogen-bond acceptors (Lipinski definition) is 0. The quantitative estimate of drug-likeness (QED) is 0.554. The molecule has 1 aliphatic heterocycles. The highest BCUT2D eigenvalue weighted by atomic mass is 14.1. The van der Waals surface area contributed by atoms with Crippen molar-refractivity contribution in [1.82, 2.24) is 0 Å². The minimum absolute atomic E-state index is 0.547. The molecule has 0 bridgehead atoms. The highest BCUT2D eigenvalue weighted by Crippen LogP contribution is 2.27. The lowest BCUT2D eigenvalue weighted by atomic mass is 9.37. The predicted molar refractivity (Wildman–Crippen MR) is 67.5 cm³/mol. The summed E-state index contributed by atoms with van der Waals surface area (Å²) in [4.78, 5) is 0. The molecular weight excluding hydrogens is 179 g/mol. The lowest BCUT2D eigenvalue weighted by molar-refractivity contribution is 1.32. The van der Waals surface area contributed by atoms with Gasteiger partial charge in [0.1, 0.15) is 0 Å². The Labute approximate surface area is 91.1 Å². The summed E-state index contributed by atoms with van der Waals surface area (Å²) in [5.74, 6) is 0. The van der Waals surface area contributed by atoms with Crippen molar-refractivity contribution >= 4 is 18.3 Å². The molecule has 1 heterocycles. The SMILES string of the molecule is CB1C2=CCC=CC2=Cc2ccccc21. The van der Waals surface area contributed by atoms with Gasteiger partial charge in [0.25, 0.3) is 0 Å². The minimum Gasteiger partial charge on any atom is -0.0853 e. The van der Waals surface area contributed by atoms with Crippen molar-refractivity contribution in [3.05, 3.63) is 59.1 Å². The standard InChI is InChI=1S/C14H13B/c1-15-13-8-4-2-6-11(13)10-12-7-3-5-9-14(12)15/h2-4,6-10H,5H2,1H3. The first-order valence-corrected chi connectivity index (χ1v) is 5.54. The summed E-state index contributed by atoms with van der Waals surface area (Å²) in [6, 6.07) is 8.70. The van der Waals surface area contributed by atoms with Crippen LogP contribution in [0.15, 0.2) is 53.5 Å². The smallest absolute Gasteiger partial charge is 0.0853 e. The number of benzene rings is 1. The van der Waals surface area contributed by atoms with E-state index in [1.807, 2.05) is 0 Å². The molecule has 0 saturated heterocycles. The summed E-state index contributed by atoms with van der Waals surface area (Å²) >= 11 is 0. The van der Waals surface area contributed by atoms with Crippen LogP contribution in [-0.4, -0.2) is 6.71 Å². The highest BCUT2D eigenvalue weighted by Gasteiger charge is 2.24. The van der Waals surface area contributed by atoms with Gasteiger partial charge in [0.05, 0.1) is 0 Å². The Kier molecular flexibility index (Phi) is 1.91. The Balaban J connectivity index is 2.22.